The number of nitrogens with zero attached hydrogens (tertiary/aromatic N) is 1. The number of para-hydroxylation sites is 1. The van der Waals surface area contributed by atoms with Gasteiger partial charge in [0, 0.05) is 30.7 Å². The highest BCUT2D eigenvalue weighted by atomic mass is 31.1. The second-order valence-corrected chi connectivity index (χ2v) is 9.47. The standard InChI is InChI=1S/C21H26NOP/c1-22(2)19-13-7-6-11-17(19)18-12-8-14-20-21(18)24(15-23-20)16-9-4-3-5-10-16/h6-8,11-14,16H,3-5,9-10,15H2,1-2H3/t24-/m0/s1. The van der Waals surface area contributed by atoms with Crippen LogP contribution in [0, 0.1) is 0 Å². The summed E-state index contributed by atoms with van der Waals surface area (Å²) in [6.07, 6.45) is 7.91. The van der Waals surface area contributed by atoms with Gasteiger partial charge in [-0.15, -0.1) is 0 Å². The lowest BCUT2D eigenvalue weighted by Crippen LogP contribution is -2.17. The van der Waals surface area contributed by atoms with Gasteiger partial charge in [0.25, 0.3) is 0 Å². The van der Waals surface area contributed by atoms with Crippen LogP contribution in [0.1, 0.15) is 32.1 Å². The van der Waals surface area contributed by atoms with Crippen LogP contribution in [-0.4, -0.2) is 26.1 Å². The van der Waals surface area contributed by atoms with Crippen molar-refractivity contribution in [1.29, 1.82) is 0 Å². The van der Waals surface area contributed by atoms with E-state index in [0.29, 0.717) is 0 Å². The van der Waals surface area contributed by atoms with Crippen molar-refractivity contribution in [2.24, 2.45) is 0 Å². The summed E-state index contributed by atoms with van der Waals surface area (Å²) in [6, 6.07) is 15.4. The molecule has 1 fully saturated rings. The first kappa shape index (κ1) is 16.0. The van der Waals surface area contributed by atoms with Crippen LogP contribution in [0.2, 0.25) is 0 Å². The molecular formula is C21H26NOP. The Morgan fingerprint density at radius 2 is 1.67 bits per heavy atom. The van der Waals surface area contributed by atoms with Crippen LogP contribution in [0.25, 0.3) is 11.1 Å². The first-order valence-corrected chi connectivity index (χ1v) is 10.6. The molecule has 0 unspecified atom stereocenters. The van der Waals surface area contributed by atoms with Crippen molar-refractivity contribution >= 4 is 18.9 Å². The van der Waals surface area contributed by atoms with Gasteiger partial charge in [-0.2, -0.15) is 0 Å². The van der Waals surface area contributed by atoms with Crippen LogP contribution >= 0.6 is 7.92 Å². The number of rotatable bonds is 3. The van der Waals surface area contributed by atoms with Gasteiger partial charge in [0.15, 0.2) is 0 Å². The third-order valence-electron chi connectivity index (χ3n) is 5.34. The molecule has 0 bridgehead atoms. The van der Waals surface area contributed by atoms with Gasteiger partial charge in [-0.05, 0) is 44.1 Å². The molecule has 2 aromatic rings. The van der Waals surface area contributed by atoms with Gasteiger partial charge in [0.05, 0.1) is 0 Å². The highest BCUT2D eigenvalue weighted by molar-refractivity contribution is 7.67. The number of hydrogen-bond donors (Lipinski definition) is 0. The van der Waals surface area contributed by atoms with Crippen molar-refractivity contribution in [3.8, 4) is 16.9 Å². The SMILES string of the molecule is CN(C)c1ccccc1-c1cccc2c1[P@](C1CCCCC1)CO2. The molecule has 0 aromatic heterocycles. The second-order valence-electron chi connectivity index (χ2n) is 7.10. The Hall–Kier alpha value is -1.53. The third-order valence-corrected chi connectivity index (χ3v) is 8.18. The second kappa shape index (κ2) is 6.76. The average Bonchev–Trinajstić information content (AvgIpc) is 3.06. The Kier molecular flexibility index (Phi) is 4.50. The summed E-state index contributed by atoms with van der Waals surface area (Å²) in [4.78, 5) is 2.22. The van der Waals surface area contributed by atoms with Crippen molar-refractivity contribution < 1.29 is 4.74 Å². The maximum absolute atomic E-state index is 6.14. The quantitative estimate of drug-likeness (QED) is 0.712. The first-order chi connectivity index (χ1) is 11.8. The average molecular weight is 339 g/mol. The molecule has 1 aliphatic carbocycles. The maximum atomic E-state index is 6.14. The van der Waals surface area contributed by atoms with E-state index in [2.05, 4.69) is 61.5 Å². The maximum Gasteiger partial charge on any atom is 0.128 e. The van der Waals surface area contributed by atoms with Crippen LogP contribution in [0.3, 0.4) is 0 Å². The molecule has 2 nitrogen and oxygen atoms in total. The molecule has 1 saturated carbocycles. The molecule has 2 aromatic carbocycles. The van der Waals surface area contributed by atoms with Crippen molar-refractivity contribution in [2.45, 2.75) is 37.8 Å². The molecule has 126 valence electrons. The zero-order chi connectivity index (χ0) is 16.5. The van der Waals surface area contributed by atoms with Gasteiger partial charge in [-0.1, -0.05) is 49.6 Å². The number of hydrogen-bond acceptors (Lipinski definition) is 2. The van der Waals surface area contributed by atoms with E-state index in [0.717, 1.165) is 17.8 Å². The zero-order valence-corrected chi connectivity index (χ0v) is 15.6. The number of fused-ring (bicyclic) bond motifs is 1. The molecule has 0 N–H and O–H groups in total. The van der Waals surface area contributed by atoms with Crippen LogP contribution in [0.5, 0.6) is 5.75 Å². The van der Waals surface area contributed by atoms with Gasteiger partial charge in [0.2, 0.25) is 0 Å². The molecule has 4 rings (SSSR count). The molecular weight excluding hydrogens is 313 g/mol. The van der Waals surface area contributed by atoms with Crippen LogP contribution in [0.4, 0.5) is 5.69 Å². The van der Waals surface area contributed by atoms with Crippen LogP contribution < -0.4 is 14.9 Å². The van der Waals surface area contributed by atoms with Crippen molar-refractivity contribution in [3.05, 3.63) is 42.5 Å². The Bertz CT molecular complexity index is 722. The summed E-state index contributed by atoms with van der Waals surface area (Å²) in [7, 11) is 4.06. The van der Waals surface area contributed by atoms with Crippen molar-refractivity contribution in [1.82, 2.24) is 0 Å². The minimum absolute atomic E-state index is 0.196. The topological polar surface area (TPSA) is 12.5 Å². The predicted octanol–water partition coefficient (Wildman–Crippen LogP) is 5.21. The van der Waals surface area contributed by atoms with E-state index in [9.17, 15) is 0 Å². The molecule has 0 spiro atoms. The van der Waals surface area contributed by atoms with E-state index in [-0.39, 0.29) is 7.92 Å². The van der Waals surface area contributed by atoms with Gasteiger partial charge >= 0.3 is 0 Å². The lowest BCUT2D eigenvalue weighted by atomic mass is 10.0. The first-order valence-electron chi connectivity index (χ1n) is 9.05. The van der Waals surface area contributed by atoms with E-state index in [4.69, 9.17) is 4.74 Å². The van der Waals surface area contributed by atoms with Crippen molar-refractivity contribution in [2.75, 3.05) is 25.3 Å². The van der Waals surface area contributed by atoms with Gasteiger partial charge in [-0.25, -0.2) is 0 Å². The molecule has 1 heterocycles. The number of anilines is 1. The zero-order valence-electron chi connectivity index (χ0n) is 14.7. The van der Waals surface area contributed by atoms with Crippen LogP contribution in [0.15, 0.2) is 42.5 Å². The Labute approximate surface area is 146 Å². The molecule has 24 heavy (non-hydrogen) atoms. The Morgan fingerprint density at radius 1 is 0.917 bits per heavy atom. The fourth-order valence-corrected chi connectivity index (χ4v) is 7.03. The molecule has 0 amide bonds. The van der Waals surface area contributed by atoms with Crippen LogP contribution in [-0.2, 0) is 0 Å². The normalized spacial score (nSPS) is 20.5. The predicted molar refractivity (Wildman–Crippen MR) is 105 cm³/mol. The van der Waals surface area contributed by atoms with E-state index in [1.807, 2.05) is 0 Å². The number of ether oxygens (including phenoxy) is 1. The van der Waals surface area contributed by atoms with Gasteiger partial charge < -0.3 is 9.64 Å². The minimum atomic E-state index is -0.196. The van der Waals surface area contributed by atoms with E-state index in [1.54, 1.807) is 0 Å². The van der Waals surface area contributed by atoms with Crippen molar-refractivity contribution in [3.63, 3.8) is 0 Å². The molecule has 2 aliphatic rings. The minimum Gasteiger partial charge on any atom is -0.488 e. The lowest BCUT2D eigenvalue weighted by Gasteiger charge is -2.28. The van der Waals surface area contributed by atoms with Gasteiger partial charge in [-0.3, -0.25) is 0 Å². The smallest absolute Gasteiger partial charge is 0.128 e. The summed E-state index contributed by atoms with van der Waals surface area (Å²) in [5.41, 5.74) is 4.87. The molecule has 1 aliphatic heterocycles. The number of benzene rings is 2. The molecule has 3 heteroatoms. The summed E-state index contributed by atoms with van der Waals surface area (Å²) in [6.45, 7) is 0. The third kappa shape index (κ3) is 2.82. The van der Waals surface area contributed by atoms with E-state index < -0.39 is 0 Å². The molecule has 1 atom stereocenters. The highest BCUT2D eigenvalue weighted by Crippen LogP contribution is 2.54. The summed E-state index contributed by atoms with van der Waals surface area (Å²) >= 11 is 0. The summed E-state index contributed by atoms with van der Waals surface area (Å²) in [5, 5.41) is 1.52. The monoisotopic (exact) mass is 339 g/mol. The summed E-state index contributed by atoms with van der Waals surface area (Å²) in [5.74, 6) is 1.14. The molecule has 0 radical (unpaired) electrons. The van der Waals surface area contributed by atoms with E-state index in [1.165, 1.54) is 54.2 Å². The fraction of sp³-hybridized carbons (Fsp3) is 0.429. The Morgan fingerprint density at radius 3 is 2.46 bits per heavy atom. The highest BCUT2D eigenvalue weighted by Gasteiger charge is 2.34. The van der Waals surface area contributed by atoms with Gasteiger partial charge in [0.1, 0.15) is 12.1 Å². The van der Waals surface area contributed by atoms with E-state index >= 15 is 0 Å². The largest absolute Gasteiger partial charge is 0.488 e. The Balaban J connectivity index is 1.80. The fourth-order valence-electron chi connectivity index (χ4n) is 4.13. The summed E-state index contributed by atoms with van der Waals surface area (Å²) < 4.78 is 6.14. The lowest BCUT2D eigenvalue weighted by molar-refractivity contribution is 0.399. The molecule has 0 saturated heterocycles.